The summed E-state index contributed by atoms with van der Waals surface area (Å²) in [6.07, 6.45) is -0.293. The van der Waals surface area contributed by atoms with Crippen LogP contribution >= 0.6 is 0 Å². The van der Waals surface area contributed by atoms with Gasteiger partial charge in [-0.15, -0.1) is 0 Å². The first-order valence-corrected chi connectivity index (χ1v) is 12.5. The first-order valence-electron chi connectivity index (χ1n) is 12.5. The van der Waals surface area contributed by atoms with Gasteiger partial charge < -0.3 is 34.6 Å². The Morgan fingerprint density at radius 3 is 2.67 bits per heavy atom. The predicted octanol–water partition coefficient (Wildman–Crippen LogP) is 1.33. The van der Waals surface area contributed by atoms with Crippen LogP contribution < -0.4 is 14.8 Å². The Kier molecular flexibility index (Phi) is 8.95. The van der Waals surface area contributed by atoms with Gasteiger partial charge in [0.05, 0.1) is 38.7 Å². The van der Waals surface area contributed by atoms with Crippen LogP contribution in [0.3, 0.4) is 0 Å². The van der Waals surface area contributed by atoms with Crippen LogP contribution in [0.1, 0.15) is 33.8 Å². The summed E-state index contributed by atoms with van der Waals surface area (Å²) in [5, 5.41) is 23.5. The number of rotatable bonds is 11. The number of benzene rings is 2. The van der Waals surface area contributed by atoms with Crippen LogP contribution in [0.2, 0.25) is 0 Å². The van der Waals surface area contributed by atoms with Gasteiger partial charge in [-0.1, -0.05) is 18.2 Å². The summed E-state index contributed by atoms with van der Waals surface area (Å²) in [6.45, 7) is -0.410. The van der Waals surface area contributed by atoms with Gasteiger partial charge in [0, 0.05) is 42.5 Å². The van der Waals surface area contributed by atoms with Crippen molar-refractivity contribution >= 4 is 18.1 Å². The van der Waals surface area contributed by atoms with Crippen molar-refractivity contribution < 1.29 is 43.2 Å². The molecule has 3 N–H and O–H groups in total. The summed E-state index contributed by atoms with van der Waals surface area (Å²) in [7, 11) is 2.85. The minimum Gasteiger partial charge on any atom is -0.493 e. The number of halogens is 1. The fraction of sp³-hybridized carbons (Fsp3) is 0.393. The van der Waals surface area contributed by atoms with E-state index in [-0.39, 0.29) is 60.9 Å². The molecule has 0 radical (unpaired) electrons. The Morgan fingerprint density at radius 1 is 1.23 bits per heavy atom. The second-order valence-electron chi connectivity index (χ2n) is 9.26. The summed E-state index contributed by atoms with van der Waals surface area (Å²) in [5.74, 6) is -1.77. The smallest absolute Gasteiger partial charge is 0.247 e. The quantitative estimate of drug-likeness (QED) is 0.362. The van der Waals surface area contributed by atoms with Gasteiger partial charge in [0.25, 0.3) is 0 Å². The van der Waals surface area contributed by atoms with Crippen LogP contribution in [0.25, 0.3) is 0 Å². The predicted molar refractivity (Wildman–Crippen MR) is 137 cm³/mol. The molecule has 10 nitrogen and oxygen atoms in total. The van der Waals surface area contributed by atoms with Crippen molar-refractivity contribution in [2.24, 2.45) is 0 Å². The molecule has 2 aliphatic rings. The van der Waals surface area contributed by atoms with E-state index in [4.69, 9.17) is 14.2 Å². The lowest BCUT2D eigenvalue weighted by Crippen LogP contribution is -2.55. The monoisotopic (exact) mass is 542 g/mol. The summed E-state index contributed by atoms with van der Waals surface area (Å²) < 4.78 is 31.2. The Morgan fingerprint density at radius 2 is 2.00 bits per heavy atom. The van der Waals surface area contributed by atoms with E-state index in [1.165, 1.54) is 49.5 Å². The van der Waals surface area contributed by atoms with Gasteiger partial charge in [-0.2, -0.15) is 0 Å². The SMILES string of the molecule is COCCC(=O)N(Cc1ccccc1F)[C@@H]1C=C(C(=O)NCCO)[C@@H]2c3cc(C=O)cc(OC)c3O[C@@H]2[C@H]1O. The average Bonchev–Trinajstić information content (AvgIpc) is 3.34. The minimum absolute atomic E-state index is 0.0299. The maximum Gasteiger partial charge on any atom is 0.247 e. The molecule has 2 aromatic rings. The highest BCUT2D eigenvalue weighted by Gasteiger charge is 2.51. The van der Waals surface area contributed by atoms with Gasteiger partial charge in [0.2, 0.25) is 11.8 Å². The fourth-order valence-electron chi connectivity index (χ4n) is 5.06. The van der Waals surface area contributed by atoms with E-state index in [0.717, 1.165) is 0 Å². The lowest BCUT2D eigenvalue weighted by molar-refractivity contribution is -0.139. The molecule has 0 saturated carbocycles. The highest BCUT2D eigenvalue weighted by molar-refractivity contribution is 5.96. The van der Waals surface area contributed by atoms with Gasteiger partial charge in [0.1, 0.15) is 24.3 Å². The van der Waals surface area contributed by atoms with E-state index < -0.39 is 41.8 Å². The summed E-state index contributed by atoms with van der Waals surface area (Å²) in [6, 6.07) is 7.96. The zero-order chi connectivity index (χ0) is 28.1. The molecule has 0 saturated heterocycles. The van der Waals surface area contributed by atoms with Crippen LogP contribution in [0, 0.1) is 5.82 Å². The van der Waals surface area contributed by atoms with E-state index in [0.29, 0.717) is 11.8 Å². The van der Waals surface area contributed by atoms with Crippen LogP contribution in [0.5, 0.6) is 11.5 Å². The van der Waals surface area contributed by atoms with Gasteiger partial charge >= 0.3 is 0 Å². The first-order chi connectivity index (χ1) is 18.8. The molecular formula is C28H31FN2O8. The maximum atomic E-state index is 14.6. The number of hydrogen-bond acceptors (Lipinski definition) is 8. The van der Waals surface area contributed by atoms with Gasteiger partial charge in [-0.25, -0.2) is 4.39 Å². The number of aliphatic hydroxyl groups is 2. The van der Waals surface area contributed by atoms with Crippen molar-refractivity contribution in [3.05, 3.63) is 70.6 Å². The van der Waals surface area contributed by atoms with Gasteiger partial charge in [-0.3, -0.25) is 14.4 Å². The van der Waals surface area contributed by atoms with Crippen LogP contribution in [-0.2, 0) is 20.9 Å². The van der Waals surface area contributed by atoms with Crippen molar-refractivity contribution in [1.82, 2.24) is 10.2 Å². The normalized spacial score (nSPS) is 21.2. The van der Waals surface area contributed by atoms with Gasteiger partial charge in [-0.05, 0) is 24.3 Å². The molecular weight excluding hydrogens is 511 g/mol. The summed E-state index contributed by atoms with van der Waals surface area (Å²) in [4.78, 5) is 39.6. The number of carbonyl (C=O) groups is 3. The molecule has 208 valence electrons. The van der Waals surface area contributed by atoms with Crippen molar-refractivity contribution in [3.63, 3.8) is 0 Å². The molecule has 1 heterocycles. The third-order valence-corrected chi connectivity index (χ3v) is 6.91. The largest absolute Gasteiger partial charge is 0.493 e. The van der Waals surface area contributed by atoms with E-state index in [2.05, 4.69) is 5.32 Å². The molecule has 0 fully saturated rings. The Balaban J connectivity index is 1.82. The van der Waals surface area contributed by atoms with Crippen molar-refractivity contribution in [3.8, 4) is 11.5 Å². The number of nitrogens with one attached hydrogen (secondary N) is 1. The summed E-state index contributed by atoms with van der Waals surface area (Å²) >= 11 is 0. The number of aldehydes is 1. The van der Waals surface area contributed by atoms with E-state index >= 15 is 0 Å². The van der Waals surface area contributed by atoms with E-state index in [9.17, 15) is 29.0 Å². The lowest BCUT2D eigenvalue weighted by Gasteiger charge is -2.40. The second kappa shape index (κ2) is 12.4. The third kappa shape index (κ3) is 5.65. The first kappa shape index (κ1) is 28.2. The van der Waals surface area contributed by atoms with Crippen molar-refractivity contribution in [1.29, 1.82) is 0 Å². The molecule has 0 spiro atoms. The van der Waals surface area contributed by atoms with Crippen LogP contribution in [0.4, 0.5) is 4.39 Å². The minimum atomic E-state index is -1.33. The highest BCUT2D eigenvalue weighted by atomic mass is 19.1. The standard InChI is InChI=1S/C28H31FN2O8/c1-37-10-7-23(34)31(14-17-5-3-4-6-20(17)29)21-13-19(28(36)30-8-9-32)24-18-11-16(15-33)12-22(38-2)26(18)39-27(24)25(21)35/h3-6,11-13,15,21,24-25,27,32,35H,7-10,14H2,1-2H3,(H,30,36)/t21-,24+,25+,27+/m1/s1. The van der Waals surface area contributed by atoms with Gasteiger partial charge in [0.15, 0.2) is 11.5 Å². The van der Waals surface area contributed by atoms with E-state index in [1.54, 1.807) is 12.1 Å². The third-order valence-electron chi connectivity index (χ3n) is 6.91. The molecule has 1 aliphatic carbocycles. The number of ether oxygens (including phenoxy) is 3. The lowest BCUT2D eigenvalue weighted by atomic mass is 9.77. The topological polar surface area (TPSA) is 135 Å². The zero-order valence-corrected chi connectivity index (χ0v) is 21.6. The number of methoxy groups -OCH3 is 2. The molecule has 11 heteroatoms. The Hall–Kier alpha value is -3.80. The molecule has 4 rings (SSSR count). The molecule has 1 aliphatic heterocycles. The number of fused-ring (bicyclic) bond motifs is 3. The van der Waals surface area contributed by atoms with Crippen molar-refractivity contribution in [2.45, 2.75) is 37.1 Å². The Bertz CT molecular complexity index is 1270. The molecule has 39 heavy (non-hydrogen) atoms. The molecule has 0 unspecified atom stereocenters. The number of hydrogen-bond donors (Lipinski definition) is 3. The highest BCUT2D eigenvalue weighted by Crippen LogP contribution is 2.51. The fourth-order valence-corrected chi connectivity index (χ4v) is 5.06. The Labute approximate surface area is 225 Å². The molecule has 0 bridgehead atoms. The average molecular weight is 543 g/mol. The number of carbonyl (C=O) groups excluding carboxylic acids is 3. The molecule has 2 amide bonds. The maximum absolute atomic E-state index is 14.6. The second-order valence-corrected chi connectivity index (χ2v) is 9.26. The summed E-state index contributed by atoms with van der Waals surface area (Å²) in [5.41, 5.74) is 1.16. The molecule has 4 atom stereocenters. The number of nitrogens with zero attached hydrogens (tertiary/aromatic N) is 1. The molecule has 2 aromatic carbocycles. The number of amides is 2. The number of aliphatic hydroxyl groups excluding tert-OH is 2. The zero-order valence-electron chi connectivity index (χ0n) is 21.6. The van der Waals surface area contributed by atoms with E-state index in [1.807, 2.05) is 0 Å². The molecule has 0 aromatic heterocycles. The van der Waals surface area contributed by atoms with Crippen LogP contribution in [0.15, 0.2) is 48.0 Å². The van der Waals surface area contributed by atoms with Crippen LogP contribution in [-0.4, -0.2) is 85.4 Å². The van der Waals surface area contributed by atoms with Crippen molar-refractivity contribution in [2.75, 3.05) is 34.0 Å².